The van der Waals surface area contributed by atoms with Crippen LogP contribution in [-0.2, 0) is 0 Å². The molecule has 0 bridgehead atoms. The van der Waals surface area contributed by atoms with Crippen LogP contribution in [-0.4, -0.2) is 56.0 Å². The summed E-state index contributed by atoms with van der Waals surface area (Å²) in [4.78, 5) is 4.30. The van der Waals surface area contributed by atoms with Crippen LogP contribution in [0.4, 0.5) is 8.78 Å². The third kappa shape index (κ3) is 2.92. The van der Waals surface area contributed by atoms with Gasteiger partial charge in [0.25, 0.3) is 6.43 Å². The van der Waals surface area contributed by atoms with Gasteiger partial charge < -0.3 is 4.90 Å². The van der Waals surface area contributed by atoms with E-state index >= 15 is 0 Å². The van der Waals surface area contributed by atoms with E-state index in [0.717, 1.165) is 25.9 Å². The molecule has 2 saturated heterocycles. The highest BCUT2D eigenvalue weighted by Gasteiger charge is 2.36. The molecular weight excluding hydrogens is 210 g/mol. The van der Waals surface area contributed by atoms with E-state index in [1.54, 1.807) is 0 Å². The number of rotatable bonds is 2. The molecule has 0 aromatic heterocycles. The Balaban J connectivity index is 1.80. The molecule has 2 nitrogen and oxygen atoms in total. The van der Waals surface area contributed by atoms with Crippen LogP contribution in [0, 0.1) is 5.41 Å². The van der Waals surface area contributed by atoms with Crippen molar-refractivity contribution in [2.75, 3.05) is 39.8 Å². The van der Waals surface area contributed by atoms with Crippen molar-refractivity contribution in [1.82, 2.24) is 9.80 Å². The van der Waals surface area contributed by atoms with Crippen molar-refractivity contribution >= 4 is 0 Å². The topological polar surface area (TPSA) is 6.48 Å². The van der Waals surface area contributed by atoms with Gasteiger partial charge in [0, 0.05) is 0 Å². The summed E-state index contributed by atoms with van der Waals surface area (Å²) in [6.45, 7) is 4.06. The summed E-state index contributed by atoms with van der Waals surface area (Å²) in [5, 5.41) is 0. The highest BCUT2D eigenvalue weighted by molar-refractivity contribution is 4.90. The minimum Gasteiger partial charge on any atom is -0.306 e. The molecule has 2 rings (SSSR count). The number of likely N-dealkylation sites (tertiary alicyclic amines) is 2. The third-order valence-corrected chi connectivity index (χ3v) is 4.36. The molecule has 2 fully saturated rings. The fraction of sp³-hybridized carbons (Fsp3) is 1.00. The Hall–Kier alpha value is -0.220. The molecule has 0 aliphatic carbocycles. The average molecular weight is 232 g/mol. The Morgan fingerprint density at radius 1 is 1.00 bits per heavy atom. The van der Waals surface area contributed by atoms with Gasteiger partial charge in [0.2, 0.25) is 0 Å². The Labute approximate surface area is 96.6 Å². The summed E-state index contributed by atoms with van der Waals surface area (Å²) >= 11 is 0. The third-order valence-electron chi connectivity index (χ3n) is 4.36. The molecule has 1 spiro atoms. The van der Waals surface area contributed by atoms with E-state index in [1.165, 1.54) is 25.9 Å². The highest BCUT2D eigenvalue weighted by atomic mass is 19.3. The lowest BCUT2D eigenvalue weighted by Crippen LogP contribution is -2.46. The van der Waals surface area contributed by atoms with E-state index in [0.29, 0.717) is 5.41 Å². The van der Waals surface area contributed by atoms with Crippen LogP contribution in [0.3, 0.4) is 0 Å². The summed E-state index contributed by atoms with van der Waals surface area (Å²) in [6, 6.07) is 0. The van der Waals surface area contributed by atoms with E-state index in [1.807, 2.05) is 4.90 Å². The van der Waals surface area contributed by atoms with Crippen molar-refractivity contribution in [1.29, 1.82) is 0 Å². The van der Waals surface area contributed by atoms with Crippen LogP contribution < -0.4 is 0 Å². The van der Waals surface area contributed by atoms with Crippen molar-refractivity contribution in [3.05, 3.63) is 0 Å². The highest BCUT2D eigenvalue weighted by Crippen LogP contribution is 2.40. The molecule has 0 aromatic carbocycles. The van der Waals surface area contributed by atoms with Crippen LogP contribution in [0.25, 0.3) is 0 Å². The molecule has 0 saturated carbocycles. The van der Waals surface area contributed by atoms with Gasteiger partial charge in [0.15, 0.2) is 0 Å². The summed E-state index contributed by atoms with van der Waals surface area (Å²) in [5.41, 5.74) is 0.477. The second-order valence-electron chi connectivity index (χ2n) is 5.49. The Kier molecular flexibility index (Phi) is 3.80. The number of halogens is 2. The molecule has 0 atom stereocenters. The van der Waals surface area contributed by atoms with Crippen LogP contribution in [0.15, 0.2) is 0 Å². The predicted octanol–water partition coefficient (Wildman–Crippen LogP) is 2.06. The first-order valence-corrected chi connectivity index (χ1v) is 6.29. The van der Waals surface area contributed by atoms with Crippen LogP contribution in [0.1, 0.15) is 25.7 Å². The molecule has 0 radical (unpaired) electrons. The molecule has 2 aliphatic rings. The minimum atomic E-state index is -2.17. The SMILES string of the molecule is CN1CCC2(CC1)CCN(CC(F)F)CC2. The first-order chi connectivity index (χ1) is 7.60. The Bertz CT molecular complexity index is 215. The molecule has 0 unspecified atom stereocenters. The van der Waals surface area contributed by atoms with E-state index in [2.05, 4.69) is 11.9 Å². The number of alkyl halides is 2. The van der Waals surface area contributed by atoms with Gasteiger partial charge in [0.05, 0.1) is 6.54 Å². The average Bonchev–Trinajstić information content (AvgIpc) is 2.26. The first kappa shape index (κ1) is 12.2. The summed E-state index contributed by atoms with van der Waals surface area (Å²) in [6.07, 6.45) is 2.57. The summed E-state index contributed by atoms with van der Waals surface area (Å²) in [5.74, 6) is 0. The van der Waals surface area contributed by atoms with E-state index in [9.17, 15) is 8.78 Å². The molecule has 16 heavy (non-hydrogen) atoms. The molecule has 94 valence electrons. The summed E-state index contributed by atoms with van der Waals surface area (Å²) in [7, 11) is 2.17. The normalized spacial score (nSPS) is 27.8. The maximum Gasteiger partial charge on any atom is 0.251 e. The molecule has 2 aliphatic heterocycles. The molecular formula is C12H22F2N2. The smallest absolute Gasteiger partial charge is 0.251 e. The van der Waals surface area contributed by atoms with Crippen molar-refractivity contribution in [3.8, 4) is 0 Å². The van der Waals surface area contributed by atoms with E-state index < -0.39 is 6.43 Å². The van der Waals surface area contributed by atoms with Gasteiger partial charge in [-0.1, -0.05) is 0 Å². The lowest BCUT2D eigenvalue weighted by Gasteiger charge is -2.46. The minimum absolute atomic E-state index is 0.0318. The van der Waals surface area contributed by atoms with Gasteiger partial charge in [-0.25, -0.2) is 8.78 Å². The lowest BCUT2D eigenvalue weighted by atomic mass is 9.71. The predicted molar refractivity (Wildman–Crippen MR) is 60.8 cm³/mol. The van der Waals surface area contributed by atoms with Gasteiger partial charge in [-0.2, -0.15) is 0 Å². The molecule has 0 N–H and O–H groups in total. The number of nitrogens with zero attached hydrogens (tertiary/aromatic N) is 2. The summed E-state index contributed by atoms with van der Waals surface area (Å²) < 4.78 is 24.5. The molecule has 4 heteroatoms. The second-order valence-corrected chi connectivity index (χ2v) is 5.49. The largest absolute Gasteiger partial charge is 0.306 e. The second kappa shape index (κ2) is 4.96. The van der Waals surface area contributed by atoms with Crippen molar-refractivity contribution in [2.24, 2.45) is 5.41 Å². The van der Waals surface area contributed by atoms with Gasteiger partial charge >= 0.3 is 0 Å². The monoisotopic (exact) mass is 232 g/mol. The van der Waals surface area contributed by atoms with Crippen molar-refractivity contribution < 1.29 is 8.78 Å². The first-order valence-electron chi connectivity index (χ1n) is 6.29. The zero-order chi connectivity index (χ0) is 11.6. The maximum absolute atomic E-state index is 12.3. The van der Waals surface area contributed by atoms with Crippen LogP contribution >= 0.6 is 0 Å². The standard InChI is InChI=1S/C12H22F2N2/c1-15-6-2-12(3-7-15)4-8-16(9-5-12)10-11(13)14/h11H,2-10H2,1H3. The zero-order valence-corrected chi connectivity index (χ0v) is 10.1. The Morgan fingerprint density at radius 2 is 1.50 bits per heavy atom. The van der Waals surface area contributed by atoms with Gasteiger partial charge in [-0.3, -0.25) is 4.90 Å². The van der Waals surface area contributed by atoms with Crippen molar-refractivity contribution in [2.45, 2.75) is 32.1 Å². The number of piperidine rings is 2. The van der Waals surface area contributed by atoms with Crippen molar-refractivity contribution in [3.63, 3.8) is 0 Å². The van der Waals surface area contributed by atoms with Gasteiger partial charge in [-0.05, 0) is 64.3 Å². The van der Waals surface area contributed by atoms with Gasteiger partial charge in [0.1, 0.15) is 0 Å². The van der Waals surface area contributed by atoms with E-state index in [4.69, 9.17) is 0 Å². The lowest BCUT2D eigenvalue weighted by molar-refractivity contribution is 0.0156. The maximum atomic E-state index is 12.3. The quantitative estimate of drug-likeness (QED) is 0.719. The van der Waals surface area contributed by atoms with Crippen LogP contribution in [0.5, 0.6) is 0 Å². The zero-order valence-electron chi connectivity index (χ0n) is 10.1. The molecule has 0 amide bonds. The van der Waals surface area contributed by atoms with E-state index in [-0.39, 0.29) is 6.54 Å². The van der Waals surface area contributed by atoms with Gasteiger partial charge in [-0.15, -0.1) is 0 Å². The number of hydrogen-bond acceptors (Lipinski definition) is 2. The Morgan fingerprint density at radius 3 is 2.00 bits per heavy atom. The fourth-order valence-electron chi connectivity index (χ4n) is 3.00. The van der Waals surface area contributed by atoms with Crippen LogP contribution in [0.2, 0.25) is 0 Å². The molecule has 0 aromatic rings. The fourth-order valence-corrected chi connectivity index (χ4v) is 3.00. The molecule has 2 heterocycles. The number of hydrogen-bond donors (Lipinski definition) is 0.